The minimum absolute atomic E-state index is 0.149. The van der Waals surface area contributed by atoms with Gasteiger partial charge in [0, 0.05) is 12.0 Å². The third kappa shape index (κ3) is 3.78. The van der Waals surface area contributed by atoms with Gasteiger partial charge in [0.05, 0.1) is 6.61 Å². The first-order chi connectivity index (χ1) is 10.2. The molecule has 0 aromatic heterocycles. The molecule has 0 spiro atoms. The van der Waals surface area contributed by atoms with Crippen molar-refractivity contribution in [1.82, 2.24) is 4.90 Å². The third-order valence-corrected chi connectivity index (χ3v) is 5.04. The number of esters is 1. The number of ether oxygens (including phenoxy) is 1. The summed E-state index contributed by atoms with van der Waals surface area (Å²) in [6.07, 6.45) is 8.56. The Bertz CT molecular complexity index is 369. The first-order valence-corrected chi connectivity index (χ1v) is 8.65. The smallest absolute Gasteiger partial charge is 0.325 e. The van der Waals surface area contributed by atoms with Crippen molar-refractivity contribution in [2.45, 2.75) is 71.3 Å². The molecule has 1 saturated carbocycles. The zero-order chi connectivity index (χ0) is 15.2. The van der Waals surface area contributed by atoms with Gasteiger partial charge in [-0.1, -0.05) is 39.5 Å². The number of carbonyl (C=O) groups is 2. The van der Waals surface area contributed by atoms with Crippen LogP contribution >= 0.6 is 0 Å². The summed E-state index contributed by atoms with van der Waals surface area (Å²) in [5, 5.41) is 0. The molecule has 0 aromatic rings. The number of rotatable bonds is 7. The van der Waals surface area contributed by atoms with E-state index in [1.165, 1.54) is 6.42 Å². The van der Waals surface area contributed by atoms with Gasteiger partial charge in [-0.3, -0.25) is 9.59 Å². The number of unbranched alkanes of at least 4 members (excludes halogenated alkanes) is 2. The van der Waals surface area contributed by atoms with Crippen LogP contribution in [-0.4, -0.2) is 36.0 Å². The highest BCUT2D eigenvalue weighted by atomic mass is 16.5. The Morgan fingerprint density at radius 3 is 2.71 bits per heavy atom. The second-order valence-corrected chi connectivity index (χ2v) is 6.42. The number of hydrogen-bond acceptors (Lipinski definition) is 3. The first-order valence-electron chi connectivity index (χ1n) is 8.65. The molecule has 1 amide bonds. The highest BCUT2D eigenvalue weighted by Crippen LogP contribution is 2.42. The van der Waals surface area contributed by atoms with Gasteiger partial charge in [0.25, 0.3) is 0 Å². The second kappa shape index (κ2) is 7.81. The topological polar surface area (TPSA) is 46.6 Å². The highest BCUT2D eigenvalue weighted by molar-refractivity contribution is 5.86. The molecule has 1 aliphatic carbocycles. The van der Waals surface area contributed by atoms with E-state index in [0.29, 0.717) is 12.5 Å². The van der Waals surface area contributed by atoms with Crippen LogP contribution in [0.25, 0.3) is 0 Å². The summed E-state index contributed by atoms with van der Waals surface area (Å²) in [5.41, 5.74) is 0. The van der Waals surface area contributed by atoms with Crippen LogP contribution in [0.3, 0.4) is 0 Å². The van der Waals surface area contributed by atoms with Crippen molar-refractivity contribution in [2.75, 3.05) is 13.2 Å². The van der Waals surface area contributed by atoms with Crippen LogP contribution in [0.5, 0.6) is 0 Å². The van der Waals surface area contributed by atoms with Gasteiger partial charge < -0.3 is 9.64 Å². The largest absolute Gasteiger partial charge is 0.464 e. The number of carbonyl (C=O) groups excluding carboxylic acids is 2. The molecule has 2 fully saturated rings. The molecule has 0 aromatic carbocycles. The van der Waals surface area contributed by atoms with Crippen molar-refractivity contribution in [3.05, 3.63) is 0 Å². The number of fused-ring (bicyclic) bond motifs is 1. The van der Waals surface area contributed by atoms with Crippen LogP contribution in [0.2, 0.25) is 0 Å². The lowest BCUT2D eigenvalue weighted by Crippen LogP contribution is -2.39. The molecule has 4 heteroatoms. The van der Waals surface area contributed by atoms with Crippen molar-refractivity contribution >= 4 is 11.9 Å². The predicted octanol–water partition coefficient (Wildman–Crippen LogP) is 3.15. The molecule has 2 aliphatic rings. The zero-order valence-corrected chi connectivity index (χ0v) is 13.5. The standard InChI is InChI=1S/C17H29NO3/c1-3-5-8-11-21-16(19)12-18-15(4-2)13-9-6-7-10-14(13)17(18)20/h13-15H,3-12H2,1-2H3/t13-,14+,15+/m1/s1. The summed E-state index contributed by atoms with van der Waals surface area (Å²) < 4.78 is 5.27. The number of amides is 1. The molecule has 2 rings (SSSR count). The summed E-state index contributed by atoms with van der Waals surface area (Å²) >= 11 is 0. The van der Waals surface area contributed by atoms with Crippen LogP contribution in [-0.2, 0) is 14.3 Å². The monoisotopic (exact) mass is 295 g/mol. The van der Waals surface area contributed by atoms with Crippen molar-refractivity contribution in [3.8, 4) is 0 Å². The quantitative estimate of drug-likeness (QED) is 0.535. The molecule has 120 valence electrons. The number of hydrogen-bond donors (Lipinski definition) is 0. The maximum absolute atomic E-state index is 12.5. The Labute approximate surface area is 128 Å². The summed E-state index contributed by atoms with van der Waals surface area (Å²) in [7, 11) is 0. The number of nitrogens with zero attached hydrogens (tertiary/aromatic N) is 1. The van der Waals surface area contributed by atoms with E-state index in [9.17, 15) is 9.59 Å². The van der Waals surface area contributed by atoms with Crippen LogP contribution < -0.4 is 0 Å². The van der Waals surface area contributed by atoms with Gasteiger partial charge in [0.15, 0.2) is 0 Å². The maximum atomic E-state index is 12.5. The maximum Gasteiger partial charge on any atom is 0.325 e. The van der Waals surface area contributed by atoms with Crippen molar-refractivity contribution in [3.63, 3.8) is 0 Å². The molecule has 0 unspecified atom stereocenters. The van der Waals surface area contributed by atoms with Gasteiger partial charge in [-0.2, -0.15) is 0 Å². The Morgan fingerprint density at radius 2 is 2.00 bits per heavy atom. The van der Waals surface area contributed by atoms with Gasteiger partial charge in [-0.15, -0.1) is 0 Å². The molecular formula is C17H29NO3. The molecule has 4 nitrogen and oxygen atoms in total. The highest BCUT2D eigenvalue weighted by Gasteiger charge is 2.48. The minimum Gasteiger partial charge on any atom is -0.464 e. The lowest BCUT2D eigenvalue weighted by Gasteiger charge is -2.28. The van der Waals surface area contributed by atoms with Gasteiger partial charge in [-0.05, 0) is 31.6 Å². The van der Waals surface area contributed by atoms with E-state index >= 15 is 0 Å². The lowest BCUT2D eigenvalue weighted by molar-refractivity contribution is -0.149. The van der Waals surface area contributed by atoms with Crippen LogP contribution in [0.4, 0.5) is 0 Å². The zero-order valence-electron chi connectivity index (χ0n) is 13.5. The van der Waals surface area contributed by atoms with Crippen molar-refractivity contribution in [1.29, 1.82) is 0 Å². The average Bonchev–Trinajstić information content (AvgIpc) is 2.76. The fraction of sp³-hybridized carbons (Fsp3) is 0.882. The van der Waals surface area contributed by atoms with E-state index in [2.05, 4.69) is 13.8 Å². The Kier molecular flexibility index (Phi) is 6.07. The Hall–Kier alpha value is -1.06. The molecule has 21 heavy (non-hydrogen) atoms. The molecule has 0 bridgehead atoms. The predicted molar refractivity (Wildman–Crippen MR) is 81.7 cm³/mol. The van der Waals surface area contributed by atoms with Crippen LogP contribution in [0.15, 0.2) is 0 Å². The van der Waals surface area contributed by atoms with Gasteiger partial charge in [-0.25, -0.2) is 0 Å². The molecule has 3 atom stereocenters. The second-order valence-electron chi connectivity index (χ2n) is 6.42. The molecular weight excluding hydrogens is 266 g/mol. The van der Waals surface area contributed by atoms with E-state index in [-0.39, 0.29) is 30.4 Å². The third-order valence-electron chi connectivity index (χ3n) is 5.04. The van der Waals surface area contributed by atoms with E-state index < -0.39 is 0 Å². The fourth-order valence-corrected chi connectivity index (χ4v) is 3.98. The Morgan fingerprint density at radius 1 is 1.24 bits per heavy atom. The van der Waals surface area contributed by atoms with E-state index in [1.807, 2.05) is 4.90 Å². The average molecular weight is 295 g/mol. The summed E-state index contributed by atoms with van der Waals surface area (Å²) in [6.45, 7) is 4.88. The summed E-state index contributed by atoms with van der Waals surface area (Å²) in [5.74, 6) is 0.578. The summed E-state index contributed by atoms with van der Waals surface area (Å²) in [4.78, 5) is 26.3. The van der Waals surface area contributed by atoms with Crippen LogP contribution in [0.1, 0.15) is 65.2 Å². The molecule has 1 aliphatic heterocycles. The SMILES string of the molecule is CCCCCOC(=O)CN1C(=O)[C@H]2CCCC[C@H]2[C@@H]1CC. The van der Waals surface area contributed by atoms with Gasteiger partial charge in [0.1, 0.15) is 6.54 Å². The molecule has 1 saturated heterocycles. The van der Waals surface area contributed by atoms with E-state index in [1.54, 1.807) is 0 Å². The van der Waals surface area contributed by atoms with E-state index in [4.69, 9.17) is 4.74 Å². The first kappa shape index (κ1) is 16.3. The normalized spacial score (nSPS) is 28.6. The minimum atomic E-state index is -0.239. The van der Waals surface area contributed by atoms with Crippen molar-refractivity contribution < 1.29 is 14.3 Å². The molecule has 1 heterocycles. The fourth-order valence-electron chi connectivity index (χ4n) is 3.98. The van der Waals surface area contributed by atoms with Gasteiger partial charge >= 0.3 is 5.97 Å². The molecule has 0 N–H and O–H groups in total. The lowest BCUT2D eigenvalue weighted by atomic mass is 9.78. The number of likely N-dealkylation sites (tertiary alicyclic amines) is 1. The molecule has 0 radical (unpaired) electrons. The summed E-state index contributed by atoms with van der Waals surface area (Å²) in [6, 6.07) is 0.242. The van der Waals surface area contributed by atoms with Crippen LogP contribution in [0, 0.1) is 11.8 Å². The Balaban J connectivity index is 1.88. The van der Waals surface area contributed by atoms with E-state index in [0.717, 1.165) is 44.9 Å². The van der Waals surface area contributed by atoms with Gasteiger partial charge in [0.2, 0.25) is 5.91 Å². The van der Waals surface area contributed by atoms with Crippen molar-refractivity contribution in [2.24, 2.45) is 11.8 Å².